The molecule has 0 N–H and O–H groups in total. The van der Waals surface area contributed by atoms with E-state index in [9.17, 15) is 33.6 Å². The number of hydrogen-bond acceptors (Lipinski definition) is 15. The summed E-state index contributed by atoms with van der Waals surface area (Å²) in [5, 5.41) is 0. The molecule has 1 amide bonds. The zero-order chi connectivity index (χ0) is 53.9. The maximum atomic E-state index is 13.8. The van der Waals surface area contributed by atoms with E-state index in [1.165, 1.54) is 11.3 Å². The van der Waals surface area contributed by atoms with Gasteiger partial charge in [0.25, 0.3) is 0 Å². The molecule has 2 saturated heterocycles. The Morgan fingerprint density at radius 3 is 1.03 bits per heavy atom. The van der Waals surface area contributed by atoms with Gasteiger partial charge in [-0.15, -0.1) is 0 Å². The Balaban J connectivity index is 2.18. The Hall–Kier alpha value is -3.95. The summed E-state index contributed by atoms with van der Waals surface area (Å²) in [4.78, 5) is 95.9. The third-order valence-corrected chi connectivity index (χ3v) is 13.9. The van der Waals surface area contributed by atoms with E-state index in [0.717, 1.165) is 154 Å². The van der Waals surface area contributed by atoms with Gasteiger partial charge in [-0.1, -0.05) is 163 Å². The van der Waals surface area contributed by atoms with Crippen LogP contribution in [0.25, 0.3) is 0 Å². The van der Waals surface area contributed by atoms with Gasteiger partial charge in [-0.3, -0.25) is 33.7 Å². The van der Waals surface area contributed by atoms with Crippen molar-refractivity contribution in [3.8, 4) is 0 Å². The molecular formula is C58H102N2O14. The van der Waals surface area contributed by atoms with Crippen molar-refractivity contribution < 1.29 is 66.7 Å². The number of hydrogen-bond donors (Lipinski definition) is 0. The fourth-order valence-corrected chi connectivity index (χ4v) is 9.22. The highest BCUT2D eigenvalue weighted by atomic mass is 16.6. The summed E-state index contributed by atoms with van der Waals surface area (Å²) in [6, 6.07) is 0. The van der Waals surface area contributed by atoms with Crippen LogP contribution >= 0.6 is 0 Å². The van der Waals surface area contributed by atoms with Crippen LogP contribution in [-0.4, -0.2) is 130 Å². The minimum atomic E-state index is -1.09. The first-order chi connectivity index (χ1) is 36.0. The second kappa shape index (κ2) is 44.2. The normalized spacial score (nSPS) is 15.8. The Bertz CT molecular complexity index is 1370. The van der Waals surface area contributed by atoms with Crippen molar-refractivity contribution in [3.05, 3.63) is 0 Å². The smallest absolute Gasteiger partial charge is 0.410 e. The van der Waals surface area contributed by atoms with E-state index in [0.29, 0.717) is 32.2 Å². The molecule has 0 unspecified atom stereocenters. The first-order valence-corrected chi connectivity index (χ1v) is 29.6. The topological polar surface area (TPSA) is 191 Å². The molecule has 2 atom stereocenters. The van der Waals surface area contributed by atoms with Gasteiger partial charge in [0.1, 0.15) is 6.61 Å². The Morgan fingerprint density at radius 2 is 0.703 bits per heavy atom. The van der Waals surface area contributed by atoms with Crippen molar-refractivity contribution in [2.75, 3.05) is 65.8 Å². The summed E-state index contributed by atoms with van der Waals surface area (Å²) in [6.07, 6.45) is 25.1. The molecule has 0 bridgehead atoms. The van der Waals surface area contributed by atoms with Crippen LogP contribution in [0.15, 0.2) is 0 Å². The molecule has 2 rings (SSSR count). The molecule has 428 valence electrons. The first-order valence-electron chi connectivity index (χ1n) is 29.6. The standard InChI is InChI=1S/C58H102N2O14/c1-5-9-13-17-21-26-32-52(61)69-44-48(45-70-53(62)33-27-22-18-14-10-6-2)40-56(65)73-50-42-60(58(67)68-39-38-59-36-30-25-31-37-59)43-51(50)74-57(66)41-49(46-71-54(63)34-28-23-19-15-11-7-3)47-72-55(64)35-29-24-20-16-12-8-4/h48-51H,5-47H2,1-4H3/t50-,51-/m0/s1. The summed E-state index contributed by atoms with van der Waals surface area (Å²) >= 11 is 0. The highest BCUT2D eigenvalue weighted by Crippen LogP contribution is 2.23. The molecule has 2 aliphatic rings. The Kier molecular flexibility index (Phi) is 39.5. The first kappa shape index (κ1) is 66.2. The van der Waals surface area contributed by atoms with Crippen LogP contribution < -0.4 is 0 Å². The summed E-state index contributed by atoms with van der Waals surface area (Å²) in [5.74, 6) is -4.44. The van der Waals surface area contributed by atoms with Crippen LogP contribution in [0.4, 0.5) is 4.79 Å². The molecule has 0 saturated carbocycles. The number of ether oxygens (including phenoxy) is 7. The second-order valence-electron chi connectivity index (χ2n) is 20.9. The lowest BCUT2D eigenvalue weighted by Crippen LogP contribution is -2.36. The highest BCUT2D eigenvalue weighted by molar-refractivity contribution is 5.74. The fraction of sp³-hybridized carbons (Fsp3) is 0.879. The van der Waals surface area contributed by atoms with Crippen LogP contribution in [0.2, 0.25) is 0 Å². The second-order valence-corrected chi connectivity index (χ2v) is 20.9. The van der Waals surface area contributed by atoms with Crippen LogP contribution in [-0.2, 0) is 61.9 Å². The number of nitrogens with zero attached hydrogens (tertiary/aromatic N) is 2. The van der Waals surface area contributed by atoms with Gasteiger partial charge in [-0.25, -0.2) is 4.79 Å². The van der Waals surface area contributed by atoms with Crippen molar-refractivity contribution in [2.45, 2.75) is 252 Å². The molecule has 0 aliphatic carbocycles. The maximum Gasteiger partial charge on any atom is 0.410 e. The maximum absolute atomic E-state index is 13.8. The number of unbranched alkanes of at least 4 members (excludes halogenated alkanes) is 20. The molecule has 74 heavy (non-hydrogen) atoms. The molecule has 2 heterocycles. The quantitative estimate of drug-likeness (QED) is 0.0318. The average molecular weight is 1050 g/mol. The van der Waals surface area contributed by atoms with Gasteiger partial charge < -0.3 is 38.1 Å². The molecule has 0 radical (unpaired) electrons. The summed E-state index contributed by atoms with van der Waals surface area (Å²) in [6.45, 7) is 10.3. The van der Waals surface area contributed by atoms with Gasteiger partial charge in [0.15, 0.2) is 12.2 Å². The molecular weight excluding hydrogens is 949 g/mol. The summed E-state index contributed by atoms with van der Waals surface area (Å²) in [7, 11) is 0. The van der Waals surface area contributed by atoms with E-state index in [2.05, 4.69) is 32.6 Å². The minimum Gasteiger partial charge on any atom is -0.465 e. The lowest BCUT2D eigenvalue weighted by molar-refractivity contribution is -0.167. The Labute approximate surface area is 446 Å². The lowest BCUT2D eigenvalue weighted by atomic mass is 10.1. The minimum absolute atomic E-state index is 0.118. The average Bonchev–Trinajstić information content (AvgIpc) is 3.78. The van der Waals surface area contributed by atoms with Gasteiger partial charge in [-0.05, 0) is 51.6 Å². The van der Waals surface area contributed by atoms with E-state index in [-0.39, 0.29) is 84.6 Å². The van der Waals surface area contributed by atoms with Gasteiger partial charge in [-0.2, -0.15) is 0 Å². The highest BCUT2D eigenvalue weighted by Gasteiger charge is 2.42. The van der Waals surface area contributed by atoms with E-state index in [1.807, 2.05) is 0 Å². The molecule has 2 aliphatic heterocycles. The monoisotopic (exact) mass is 1050 g/mol. The molecule has 0 spiro atoms. The van der Waals surface area contributed by atoms with E-state index < -0.39 is 66.0 Å². The molecule has 0 aromatic carbocycles. The van der Waals surface area contributed by atoms with Crippen molar-refractivity contribution in [3.63, 3.8) is 0 Å². The van der Waals surface area contributed by atoms with Gasteiger partial charge in [0.2, 0.25) is 0 Å². The number of likely N-dealkylation sites (tertiary alicyclic amines) is 2. The predicted molar refractivity (Wildman–Crippen MR) is 285 cm³/mol. The van der Waals surface area contributed by atoms with E-state index in [4.69, 9.17) is 33.2 Å². The summed E-state index contributed by atoms with van der Waals surface area (Å²) in [5.41, 5.74) is 0. The number of piperidine rings is 1. The van der Waals surface area contributed by atoms with Gasteiger partial charge in [0.05, 0.1) is 52.4 Å². The van der Waals surface area contributed by atoms with E-state index in [1.54, 1.807) is 0 Å². The van der Waals surface area contributed by atoms with Gasteiger partial charge in [0, 0.05) is 44.1 Å². The number of carbonyl (C=O) groups excluding carboxylic acids is 7. The van der Waals surface area contributed by atoms with Crippen LogP contribution in [0.3, 0.4) is 0 Å². The van der Waals surface area contributed by atoms with Crippen LogP contribution in [0.1, 0.15) is 240 Å². The lowest BCUT2D eigenvalue weighted by Gasteiger charge is -2.26. The van der Waals surface area contributed by atoms with Crippen molar-refractivity contribution >= 4 is 41.9 Å². The predicted octanol–water partition coefficient (Wildman–Crippen LogP) is 11.9. The van der Waals surface area contributed by atoms with Crippen molar-refractivity contribution in [1.29, 1.82) is 0 Å². The molecule has 2 fully saturated rings. The fourth-order valence-electron chi connectivity index (χ4n) is 9.22. The molecule has 0 aromatic rings. The number of esters is 6. The number of rotatable bonds is 45. The largest absolute Gasteiger partial charge is 0.465 e. The zero-order valence-electron chi connectivity index (χ0n) is 46.8. The Morgan fingerprint density at radius 1 is 0.392 bits per heavy atom. The zero-order valence-corrected chi connectivity index (χ0v) is 46.8. The number of carbonyl (C=O) groups is 7. The van der Waals surface area contributed by atoms with Crippen LogP contribution in [0, 0.1) is 11.8 Å². The third kappa shape index (κ3) is 34.6. The van der Waals surface area contributed by atoms with E-state index >= 15 is 0 Å². The SMILES string of the molecule is CCCCCCCCC(=O)OCC(COC(=O)CCCCCCCC)CC(=O)O[C@H]1CN(C(=O)OCCN2CCCCC2)C[C@@H]1OC(=O)CC(COC(=O)CCCCCCCC)COC(=O)CCCCCCCC. The molecule has 0 aromatic heterocycles. The number of amides is 1. The van der Waals surface area contributed by atoms with Crippen molar-refractivity contribution in [1.82, 2.24) is 9.80 Å². The van der Waals surface area contributed by atoms with Gasteiger partial charge >= 0.3 is 41.9 Å². The summed E-state index contributed by atoms with van der Waals surface area (Å²) < 4.78 is 40.1. The van der Waals surface area contributed by atoms with Crippen molar-refractivity contribution in [2.24, 2.45) is 11.8 Å². The molecule has 16 nitrogen and oxygen atoms in total. The molecule has 16 heteroatoms. The van der Waals surface area contributed by atoms with Crippen LogP contribution in [0.5, 0.6) is 0 Å². The third-order valence-electron chi connectivity index (χ3n) is 13.9.